The molecule has 0 heterocycles. The minimum absolute atomic E-state index is 0.468. The third kappa shape index (κ3) is 0.672. The average Bonchev–Trinajstić information content (AvgIpc) is 2.56. The first-order valence-corrected chi connectivity index (χ1v) is 4.30. The van der Waals surface area contributed by atoms with E-state index in [4.69, 9.17) is 5.73 Å². The van der Waals surface area contributed by atoms with Crippen molar-refractivity contribution >= 4 is 0 Å². The quantitative estimate of drug-likeness (QED) is 0.587. The minimum atomic E-state index is 0.468. The summed E-state index contributed by atoms with van der Waals surface area (Å²) in [6.45, 7) is 6.94. The Morgan fingerprint density at radius 1 is 1.40 bits per heavy atom. The number of hydrogen-bond acceptors (Lipinski definition) is 1. The summed E-state index contributed by atoms with van der Waals surface area (Å²) in [7, 11) is 0. The lowest BCUT2D eigenvalue weighted by Crippen LogP contribution is -2.06. The van der Waals surface area contributed by atoms with E-state index >= 15 is 0 Å². The first-order chi connectivity index (χ1) is 4.55. The Labute approximate surface area is 63.0 Å². The van der Waals surface area contributed by atoms with E-state index in [1.165, 1.54) is 6.42 Å². The molecule has 0 bridgehead atoms. The van der Waals surface area contributed by atoms with Crippen LogP contribution in [0, 0.1) is 23.2 Å². The molecule has 4 atom stereocenters. The summed E-state index contributed by atoms with van der Waals surface area (Å²) in [5.41, 5.74) is 6.42. The van der Waals surface area contributed by atoms with E-state index in [9.17, 15) is 0 Å². The van der Waals surface area contributed by atoms with Gasteiger partial charge in [-0.1, -0.05) is 20.8 Å². The lowest BCUT2D eigenvalue weighted by atomic mass is 10.1. The van der Waals surface area contributed by atoms with Gasteiger partial charge in [0.25, 0.3) is 0 Å². The Morgan fingerprint density at radius 3 is 1.90 bits per heavy atom. The van der Waals surface area contributed by atoms with Crippen molar-refractivity contribution in [1.82, 2.24) is 0 Å². The largest absolute Gasteiger partial charge is 0.327 e. The average molecular weight is 139 g/mol. The molecule has 2 aliphatic rings. The van der Waals surface area contributed by atoms with Gasteiger partial charge in [0.2, 0.25) is 0 Å². The van der Waals surface area contributed by atoms with Crippen LogP contribution in [0.4, 0.5) is 0 Å². The predicted octanol–water partition coefficient (Wildman–Crippen LogP) is 1.63. The zero-order chi connectivity index (χ0) is 7.52. The third-order valence-electron chi connectivity index (χ3n) is 3.63. The standard InChI is InChI=1S/C9H17N/c1-5-4-6(5)7-8(10)9(7,2)3/h5-8H,4,10H2,1-3H3. The molecule has 2 rings (SSSR count). The van der Waals surface area contributed by atoms with Crippen molar-refractivity contribution < 1.29 is 0 Å². The summed E-state index contributed by atoms with van der Waals surface area (Å²) >= 11 is 0. The van der Waals surface area contributed by atoms with Gasteiger partial charge in [-0.05, 0) is 29.6 Å². The lowest BCUT2D eigenvalue weighted by Gasteiger charge is -1.98. The number of nitrogens with two attached hydrogens (primary N) is 1. The molecule has 2 N–H and O–H groups in total. The molecule has 2 saturated carbocycles. The zero-order valence-electron chi connectivity index (χ0n) is 7.09. The van der Waals surface area contributed by atoms with Crippen LogP contribution >= 0.6 is 0 Å². The van der Waals surface area contributed by atoms with Gasteiger partial charge in [-0.25, -0.2) is 0 Å². The van der Waals surface area contributed by atoms with Gasteiger partial charge in [-0.2, -0.15) is 0 Å². The van der Waals surface area contributed by atoms with E-state index in [0.29, 0.717) is 11.5 Å². The molecular formula is C9H17N. The zero-order valence-corrected chi connectivity index (χ0v) is 7.09. The van der Waals surface area contributed by atoms with E-state index < -0.39 is 0 Å². The first-order valence-electron chi connectivity index (χ1n) is 4.30. The van der Waals surface area contributed by atoms with Crippen LogP contribution in [0.3, 0.4) is 0 Å². The second-order valence-corrected chi connectivity index (χ2v) is 4.75. The van der Waals surface area contributed by atoms with Crippen molar-refractivity contribution in [1.29, 1.82) is 0 Å². The molecule has 0 amide bonds. The summed E-state index contributed by atoms with van der Waals surface area (Å²) < 4.78 is 0. The normalized spacial score (nSPS) is 56.4. The third-order valence-corrected chi connectivity index (χ3v) is 3.63. The van der Waals surface area contributed by atoms with Gasteiger partial charge in [0.05, 0.1) is 0 Å². The molecule has 0 aromatic heterocycles. The van der Waals surface area contributed by atoms with E-state index in [-0.39, 0.29) is 0 Å². The minimum Gasteiger partial charge on any atom is -0.327 e. The highest BCUT2D eigenvalue weighted by molar-refractivity contribution is 5.15. The number of hydrogen-bond donors (Lipinski definition) is 1. The van der Waals surface area contributed by atoms with E-state index in [0.717, 1.165) is 17.8 Å². The van der Waals surface area contributed by atoms with Crippen molar-refractivity contribution in [3.05, 3.63) is 0 Å². The molecule has 0 aromatic rings. The lowest BCUT2D eigenvalue weighted by molar-refractivity contribution is 0.500. The number of rotatable bonds is 1. The fourth-order valence-corrected chi connectivity index (χ4v) is 2.39. The van der Waals surface area contributed by atoms with Crippen LogP contribution in [0.1, 0.15) is 27.2 Å². The van der Waals surface area contributed by atoms with Crippen molar-refractivity contribution in [3.63, 3.8) is 0 Å². The van der Waals surface area contributed by atoms with E-state index in [2.05, 4.69) is 20.8 Å². The predicted molar refractivity (Wildman–Crippen MR) is 42.5 cm³/mol. The maximum absolute atomic E-state index is 5.95. The Hall–Kier alpha value is -0.0400. The molecule has 58 valence electrons. The Bertz CT molecular complexity index is 162. The maximum Gasteiger partial charge on any atom is 0.0130 e. The monoisotopic (exact) mass is 139 g/mol. The van der Waals surface area contributed by atoms with Crippen molar-refractivity contribution in [2.24, 2.45) is 28.9 Å². The molecule has 0 aliphatic heterocycles. The maximum atomic E-state index is 5.95. The SMILES string of the molecule is CC1CC1C1C(N)C1(C)C. The molecule has 4 unspecified atom stereocenters. The molecule has 0 saturated heterocycles. The van der Waals surface area contributed by atoms with Crippen LogP contribution in [0.5, 0.6) is 0 Å². The molecule has 10 heavy (non-hydrogen) atoms. The van der Waals surface area contributed by atoms with Crippen LogP contribution in [-0.2, 0) is 0 Å². The van der Waals surface area contributed by atoms with Crippen LogP contribution in [0.25, 0.3) is 0 Å². The molecule has 0 aromatic carbocycles. The van der Waals surface area contributed by atoms with Gasteiger partial charge < -0.3 is 5.73 Å². The van der Waals surface area contributed by atoms with Crippen molar-refractivity contribution in [2.75, 3.05) is 0 Å². The van der Waals surface area contributed by atoms with Crippen LogP contribution < -0.4 is 5.73 Å². The Morgan fingerprint density at radius 2 is 1.80 bits per heavy atom. The van der Waals surface area contributed by atoms with Gasteiger partial charge in [0.15, 0.2) is 0 Å². The Balaban J connectivity index is 1.99. The van der Waals surface area contributed by atoms with Crippen molar-refractivity contribution in [2.45, 2.75) is 33.2 Å². The Kier molecular flexibility index (Phi) is 1.05. The summed E-state index contributed by atoms with van der Waals surface area (Å²) in [6, 6.07) is 0.502. The highest BCUT2D eigenvalue weighted by Crippen LogP contribution is 2.63. The van der Waals surface area contributed by atoms with E-state index in [1.807, 2.05) is 0 Å². The molecular weight excluding hydrogens is 122 g/mol. The second-order valence-electron chi connectivity index (χ2n) is 4.75. The fraction of sp³-hybridized carbons (Fsp3) is 1.00. The van der Waals surface area contributed by atoms with Gasteiger partial charge in [-0.3, -0.25) is 0 Å². The molecule has 2 aliphatic carbocycles. The molecule has 0 spiro atoms. The molecule has 0 radical (unpaired) electrons. The van der Waals surface area contributed by atoms with Gasteiger partial charge in [-0.15, -0.1) is 0 Å². The van der Waals surface area contributed by atoms with E-state index in [1.54, 1.807) is 0 Å². The molecule has 1 heteroatoms. The summed E-state index contributed by atoms with van der Waals surface area (Å²) in [4.78, 5) is 0. The van der Waals surface area contributed by atoms with Crippen LogP contribution in [0.15, 0.2) is 0 Å². The summed E-state index contributed by atoms with van der Waals surface area (Å²) in [6.07, 6.45) is 1.43. The van der Waals surface area contributed by atoms with Gasteiger partial charge in [0, 0.05) is 6.04 Å². The van der Waals surface area contributed by atoms with Crippen molar-refractivity contribution in [3.8, 4) is 0 Å². The molecule has 2 fully saturated rings. The highest BCUT2D eigenvalue weighted by atomic mass is 14.9. The highest BCUT2D eigenvalue weighted by Gasteiger charge is 2.63. The second kappa shape index (κ2) is 1.58. The smallest absolute Gasteiger partial charge is 0.0130 e. The topological polar surface area (TPSA) is 26.0 Å². The van der Waals surface area contributed by atoms with Crippen LogP contribution in [0.2, 0.25) is 0 Å². The molecule has 1 nitrogen and oxygen atoms in total. The summed E-state index contributed by atoms with van der Waals surface area (Å²) in [5.74, 6) is 2.80. The first kappa shape index (κ1) is 6.66. The fourth-order valence-electron chi connectivity index (χ4n) is 2.39. The van der Waals surface area contributed by atoms with Gasteiger partial charge in [0.1, 0.15) is 0 Å². The summed E-state index contributed by atoms with van der Waals surface area (Å²) in [5, 5.41) is 0. The van der Waals surface area contributed by atoms with Gasteiger partial charge >= 0.3 is 0 Å². The van der Waals surface area contributed by atoms with Crippen LogP contribution in [-0.4, -0.2) is 6.04 Å².